The monoisotopic (exact) mass is 555 g/mol. The molecule has 0 aliphatic heterocycles. The first-order valence-electron chi connectivity index (χ1n) is 11.9. The van der Waals surface area contributed by atoms with Crippen molar-refractivity contribution in [2.45, 2.75) is 66.1 Å². The summed E-state index contributed by atoms with van der Waals surface area (Å²) in [5.74, 6) is -0.816. The van der Waals surface area contributed by atoms with Crippen LogP contribution in [0.2, 0.25) is 10.0 Å². The lowest BCUT2D eigenvalue weighted by Gasteiger charge is -2.34. The summed E-state index contributed by atoms with van der Waals surface area (Å²) in [7, 11) is -3.81. The van der Waals surface area contributed by atoms with Gasteiger partial charge < -0.3 is 10.2 Å². The lowest BCUT2D eigenvalue weighted by Crippen LogP contribution is -2.53. The van der Waals surface area contributed by atoms with E-state index in [0.717, 1.165) is 28.1 Å². The Bertz CT molecular complexity index is 1180. The van der Waals surface area contributed by atoms with Gasteiger partial charge in [0.2, 0.25) is 21.8 Å². The van der Waals surface area contributed by atoms with Crippen molar-refractivity contribution in [3.8, 4) is 0 Å². The van der Waals surface area contributed by atoms with E-state index in [1.54, 1.807) is 44.2 Å². The molecule has 198 valence electrons. The molecule has 2 atom stereocenters. The van der Waals surface area contributed by atoms with E-state index in [-0.39, 0.29) is 18.5 Å². The van der Waals surface area contributed by atoms with Gasteiger partial charge in [0.15, 0.2) is 0 Å². The standard InChI is InChI=1S/C26H35Cl2N3O4S/c1-7-19(5)29-26(33)23(8-2)30(15-20-12-13-21(27)14-22(20)28)24(32)16-31(36(6,34)35)25-17(3)10-9-11-18(25)4/h9-14,19,23H,7-8,15-16H2,1-6H3,(H,29,33). The minimum atomic E-state index is -3.81. The third-order valence-electron chi connectivity index (χ3n) is 6.11. The average molecular weight is 557 g/mol. The summed E-state index contributed by atoms with van der Waals surface area (Å²) in [4.78, 5) is 28.4. The molecule has 36 heavy (non-hydrogen) atoms. The Hall–Kier alpha value is -2.29. The van der Waals surface area contributed by atoms with Crippen LogP contribution in [-0.2, 0) is 26.2 Å². The Balaban J connectivity index is 2.53. The summed E-state index contributed by atoms with van der Waals surface area (Å²) in [6.07, 6.45) is 2.13. The molecule has 0 saturated carbocycles. The Labute approximate surface area is 224 Å². The second-order valence-electron chi connectivity index (χ2n) is 9.01. The lowest BCUT2D eigenvalue weighted by molar-refractivity contribution is -0.140. The van der Waals surface area contributed by atoms with E-state index in [9.17, 15) is 18.0 Å². The predicted molar refractivity (Wildman–Crippen MR) is 147 cm³/mol. The van der Waals surface area contributed by atoms with Gasteiger partial charge in [-0.05, 0) is 62.4 Å². The van der Waals surface area contributed by atoms with Gasteiger partial charge in [-0.2, -0.15) is 0 Å². The van der Waals surface area contributed by atoms with Crippen molar-refractivity contribution in [1.29, 1.82) is 0 Å². The highest BCUT2D eigenvalue weighted by Gasteiger charge is 2.33. The summed E-state index contributed by atoms with van der Waals surface area (Å²) in [5, 5.41) is 3.74. The minimum absolute atomic E-state index is 0.0195. The van der Waals surface area contributed by atoms with Crippen LogP contribution in [-0.4, -0.2) is 50.0 Å². The zero-order chi connectivity index (χ0) is 27.2. The van der Waals surface area contributed by atoms with Gasteiger partial charge in [0.1, 0.15) is 12.6 Å². The van der Waals surface area contributed by atoms with Gasteiger partial charge in [-0.25, -0.2) is 8.42 Å². The van der Waals surface area contributed by atoms with Crippen LogP contribution in [0.3, 0.4) is 0 Å². The van der Waals surface area contributed by atoms with E-state index < -0.39 is 28.5 Å². The number of halogens is 2. The topological polar surface area (TPSA) is 86.8 Å². The molecule has 0 saturated heterocycles. The van der Waals surface area contributed by atoms with Gasteiger partial charge in [0, 0.05) is 22.6 Å². The van der Waals surface area contributed by atoms with Gasteiger partial charge in [-0.15, -0.1) is 0 Å². The van der Waals surface area contributed by atoms with Crippen molar-refractivity contribution in [3.63, 3.8) is 0 Å². The van der Waals surface area contributed by atoms with E-state index in [1.165, 1.54) is 4.90 Å². The predicted octanol–water partition coefficient (Wildman–Crippen LogP) is 5.10. The number of sulfonamides is 1. The molecule has 2 rings (SSSR count). The van der Waals surface area contributed by atoms with Crippen molar-refractivity contribution in [3.05, 3.63) is 63.1 Å². The van der Waals surface area contributed by atoms with E-state index >= 15 is 0 Å². The summed E-state index contributed by atoms with van der Waals surface area (Å²) < 4.78 is 26.8. The van der Waals surface area contributed by atoms with E-state index in [2.05, 4.69) is 5.32 Å². The summed E-state index contributed by atoms with van der Waals surface area (Å²) >= 11 is 12.4. The van der Waals surface area contributed by atoms with Crippen LogP contribution in [0.1, 0.15) is 50.3 Å². The van der Waals surface area contributed by atoms with Gasteiger partial charge in [0.05, 0.1) is 11.9 Å². The Kier molecular flexibility index (Phi) is 10.6. The maximum atomic E-state index is 13.8. The Morgan fingerprint density at radius 2 is 1.64 bits per heavy atom. The largest absolute Gasteiger partial charge is 0.352 e. The van der Waals surface area contributed by atoms with Crippen molar-refractivity contribution in [2.24, 2.45) is 0 Å². The van der Waals surface area contributed by atoms with E-state index in [1.807, 2.05) is 26.8 Å². The number of hydrogen-bond donors (Lipinski definition) is 1. The van der Waals surface area contributed by atoms with Gasteiger partial charge in [-0.3, -0.25) is 13.9 Å². The highest BCUT2D eigenvalue weighted by molar-refractivity contribution is 7.92. The fraction of sp³-hybridized carbons (Fsp3) is 0.462. The fourth-order valence-electron chi connectivity index (χ4n) is 3.97. The Morgan fingerprint density at radius 1 is 1.03 bits per heavy atom. The number of nitrogens with one attached hydrogen (secondary N) is 1. The SMILES string of the molecule is CCC(C)NC(=O)C(CC)N(Cc1ccc(Cl)cc1Cl)C(=O)CN(c1c(C)cccc1C)S(C)(=O)=O. The first-order chi connectivity index (χ1) is 16.8. The fourth-order valence-corrected chi connectivity index (χ4v) is 5.40. The van der Waals surface area contributed by atoms with Crippen molar-refractivity contribution < 1.29 is 18.0 Å². The van der Waals surface area contributed by atoms with Crippen LogP contribution in [0.15, 0.2) is 36.4 Å². The smallest absolute Gasteiger partial charge is 0.244 e. The zero-order valence-corrected chi connectivity index (χ0v) is 24.0. The van der Waals surface area contributed by atoms with Crippen LogP contribution in [0.5, 0.6) is 0 Å². The molecule has 0 aromatic heterocycles. The molecular formula is C26H35Cl2N3O4S. The number of benzene rings is 2. The molecule has 2 aromatic carbocycles. The summed E-state index contributed by atoms with van der Waals surface area (Å²) in [6.45, 7) is 8.81. The van der Waals surface area contributed by atoms with Gasteiger partial charge in [0.25, 0.3) is 0 Å². The first-order valence-corrected chi connectivity index (χ1v) is 14.5. The molecule has 0 bridgehead atoms. The van der Waals surface area contributed by atoms with Crippen LogP contribution in [0.25, 0.3) is 0 Å². The van der Waals surface area contributed by atoms with Crippen LogP contribution >= 0.6 is 23.2 Å². The number of rotatable bonds is 11. The molecule has 0 heterocycles. The van der Waals surface area contributed by atoms with Crippen molar-refractivity contribution >= 4 is 50.7 Å². The van der Waals surface area contributed by atoms with E-state index in [0.29, 0.717) is 27.7 Å². The lowest BCUT2D eigenvalue weighted by atomic mass is 10.1. The highest BCUT2D eigenvalue weighted by atomic mass is 35.5. The van der Waals surface area contributed by atoms with Gasteiger partial charge in [-0.1, -0.05) is 61.3 Å². The zero-order valence-electron chi connectivity index (χ0n) is 21.6. The molecule has 0 spiro atoms. The highest BCUT2D eigenvalue weighted by Crippen LogP contribution is 2.28. The molecule has 7 nitrogen and oxygen atoms in total. The Morgan fingerprint density at radius 3 is 2.14 bits per heavy atom. The molecule has 2 amide bonds. The van der Waals surface area contributed by atoms with Crippen LogP contribution in [0, 0.1) is 13.8 Å². The molecule has 10 heteroatoms. The van der Waals surface area contributed by atoms with Crippen molar-refractivity contribution in [1.82, 2.24) is 10.2 Å². The second kappa shape index (κ2) is 12.8. The summed E-state index contributed by atoms with van der Waals surface area (Å²) in [5.41, 5.74) is 2.50. The number of para-hydroxylation sites is 1. The summed E-state index contributed by atoms with van der Waals surface area (Å²) in [6, 6.07) is 9.45. The molecule has 0 aliphatic rings. The number of amides is 2. The molecule has 0 radical (unpaired) electrons. The molecular weight excluding hydrogens is 521 g/mol. The van der Waals surface area contributed by atoms with E-state index in [4.69, 9.17) is 23.2 Å². The maximum Gasteiger partial charge on any atom is 0.244 e. The number of aryl methyl sites for hydroxylation is 2. The number of carbonyl (C=O) groups excluding carboxylic acids is 2. The molecule has 2 unspecified atom stereocenters. The molecule has 0 aliphatic carbocycles. The molecule has 1 N–H and O–H groups in total. The number of carbonyl (C=O) groups is 2. The van der Waals surface area contributed by atoms with Crippen LogP contribution in [0.4, 0.5) is 5.69 Å². The second-order valence-corrected chi connectivity index (χ2v) is 11.8. The molecule has 2 aromatic rings. The van der Waals surface area contributed by atoms with Crippen LogP contribution < -0.4 is 9.62 Å². The quantitative estimate of drug-likeness (QED) is 0.418. The minimum Gasteiger partial charge on any atom is -0.352 e. The third-order valence-corrected chi connectivity index (χ3v) is 7.81. The number of anilines is 1. The number of nitrogens with zero attached hydrogens (tertiary/aromatic N) is 2. The number of hydrogen-bond acceptors (Lipinski definition) is 4. The van der Waals surface area contributed by atoms with Gasteiger partial charge >= 0.3 is 0 Å². The third kappa shape index (κ3) is 7.60. The van der Waals surface area contributed by atoms with Crippen molar-refractivity contribution in [2.75, 3.05) is 17.1 Å². The normalized spacial score (nSPS) is 13.1. The molecule has 0 fully saturated rings. The maximum absolute atomic E-state index is 13.8. The average Bonchev–Trinajstić information content (AvgIpc) is 2.78. The first kappa shape index (κ1) is 29.9.